The molecule has 2 amide bonds. The van der Waals surface area contributed by atoms with E-state index in [2.05, 4.69) is 10.6 Å². The highest BCUT2D eigenvalue weighted by Gasteiger charge is 2.26. The Balaban J connectivity index is 1.70. The van der Waals surface area contributed by atoms with Crippen LogP contribution >= 0.6 is 0 Å². The van der Waals surface area contributed by atoms with Gasteiger partial charge in [-0.2, -0.15) is 0 Å². The molecule has 1 saturated heterocycles. The van der Waals surface area contributed by atoms with E-state index in [9.17, 15) is 9.59 Å². The van der Waals surface area contributed by atoms with Gasteiger partial charge < -0.3 is 10.6 Å². The van der Waals surface area contributed by atoms with Crippen molar-refractivity contribution in [2.75, 3.05) is 13.1 Å². The second-order valence-electron chi connectivity index (χ2n) is 4.23. The number of hydrogen-bond acceptors (Lipinski definition) is 2. The first-order valence-corrected chi connectivity index (χ1v) is 5.30. The molecule has 14 heavy (non-hydrogen) atoms. The van der Waals surface area contributed by atoms with Crippen LogP contribution in [0, 0.1) is 11.8 Å². The van der Waals surface area contributed by atoms with Gasteiger partial charge in [0.05, 0.1) is 5.92 Å². The van der Waals surface area contributed by atoms with Gasteiger partial charge >= 0.3 is 0 Å². The van der Waals surface area contributed by atoms with Crippen molar-refractivity contribution in [3.63, 3.8) is 0 Å². The van der Waals surface area contributed by atoms with Gasteiger partial charge in [-0.1, -0.05) is 0 Å². The summed E-state index contributed by atoms with van der Waals surface area (Å²) in [4.78, 5) is 22.4. The standard InChI is InChI=1S/C10H16N2O2/c13-9-4-3-8(6-11-9)10(14)12-5-7-1-2-7/h7-8H,1-6H2,(H,11,13)(H,12,14). The Bertz CT molecular complexity index is 239. The summed E-state index contributed by atoms with van der Waals surface area (Å²) in [7, 11) is 0. The van der Waals surface area contributed by atoms with E-state index in [4.69, 9.17) is 0 Å². The van der Waals surface area contributed by atoms with Crippen molar-refractivity contribution in [3.05, 3.63) is 0 Å². The van der Waals surface area contributed by atoms with Gasteiger partial charge in [0.15, 0.2) is 0 Å². The SMILES string of the molecule is O=C1CCC(C(=O)NCC2CC2)CN1. The van der Waals surface area contributed by atoms with Crippen molar-refractivity contribution < 1.29 is 9.59 Å². The Hall–Kier alpha value is -1.06. The normalized spacial score (nSPS) is 26.9. The van der Waals surface area contributed by atoms with Crippen LogP contribution in [0.4, 0.5) is 0 Å². The summed E-state index contributed by atoms with van der Waals surface area (Å²) in [6, 6.07) is 0. The summed E-state index contributed by atoms with van der Waals surface area (Å²) in [5, 5.41) is 5.66. The molecule has 0 radical (unpaired) electrons. The van der Waals surface area contributed by atoms with Crippen LogP contribution in [0.25, 0.3) is 0 Å². The third-order valence-corrected chi connectivity index (χ3v) is 2.90. The summed E-state index contributed by atoms with van der Waals surface area (Å²) in [5.74, 6) is 0.886. The highest BCUT2D eigenvalue weighted by atomic mass is 16.2. The molecule has 4 heteroatoms. The minimum Gasteiger partial charge on any atom is -0.356 e. The fourth-order valence-electron chi connectivity index (χ4n) is 1.67. The molecular formula is C10H16N2O2. The summed E-state index contributed by atoms with van der Waals surface area (Å²) in [6.07, 6.45) is 3.69. The van der Waals surface area contributed by atoms with Crippen LogP contribution < -0.4 is 10.6 Å². The molecule has 78 valence electrons. The maximum atomic E-state index is 11.6. The van der Waals surface area contributed by atoms with E-state index in [1.165, 1.54) is 12.8 Å². The maximum Gasteiger partial charge on any atom is 0.224 e. The van der Waals surface area contributed by atoms with E-state index < -0.39 is 0 Å². The molecule has 0 aromatic rings. The molecule has 1 unspecified atom stereocenters. The maximum absolute atomic E-state index is 11.6. The third kappa shape index (κ3) is 2.47. The number of hydrogen-bond donors (Lipinski definition) is 2. The quantitative estimate of drug-likeness (QED) is 0.669. The molecule has 1 heterocycles. The molecule has 4 nitrogen and oxygen atoms in total. The van der Waals surface area contributed by atoms with Gasteiger partial charge in [0.25, 0.3) is 0 Å². The molecule has 1 aliphatic heterocycles. The number of carbonyl (C=O) groups excluding carboxylic acids is 2. The number of amides is 2. The van der Waals surface area contributed by atoms with Gasteiger partial charge in [0.1, 0.15) is 0 Å². The van der Waals surface area contributed by atoms with Crippen molar-refractivity contribution in [1.29, 1.82) is 0 Å². The van der Waals surface area contributed by atoms with Crippen LogP contribution in [0.1, 0.15) is 25.7 Å². The fraction of sp³-hybridized carbons (Fsp3) is 0.800. The molecule has 1 aliphatic carbocycles. The lowest BCUT2D eigenvalue weighted by atomic mass is 9.98. The van der Waals surface area contributed by atoms with E-state index in [0.29, 0.717) is 19.4 Å². The fourth-order valence-corrected chi connectivity index (χ4v) is 1.67. The topological polar surface area (TPSA) is 58.2 Å². The molecule has 2 rings (SSSR count). The lowest BCUT2D eigenvalue weighted by Gasteiger charge is -2.21. The van der Waals surface area contributed by atoms with Crippen molar-refractivity contribution in [2.45, 2.75) is 25.7 Å². The van der Waals surface area contributed by atoms with Gasteiger partial charge in [0, 0.05) is 19.5 Å². The van der Waals surface area contributed by atoms with E-state index in [1.807, 2.05) is 0 Å². The predicted molar refractivity (Wildman–Crippen MR) is 51.5 cm³/mol. The molecule has 0 bridgehead atoms. The predicted octanol–water partition coefficient (Wildman–Crippen LogP) is 0.0388. The molecule has 2 fully saturated rings. The van der Waals surface area contributed by atoms with Crippen LogP contribution in [0.15, 0.2) is 0 Å². The molecule has 0 aromatic heterocycles. The molecule has 2 aliphatic rings. The number of piperidine rings is 1. The van der Waals surface area contributed by atoms with Gasteiger partial charge in [-0.3, -0.25) is 9.59 Å². The van der Waals surface area contributed by atoms with E-state index in [0.717, 1.165) is 12.5 Å². The van der Waals surface area contributed by atoms with E-state index in [1.54, 1.807) is 0 Å². The number of rotatable bonds is 3. The molecular weight excluding hydrogens is 180 g/mol. The average molecular weight is 196 g/mol. The van der Waals surface area contributed by atoms with E-state index >= 15 is 0 Å². The van der Waals surface area contributed by atoms with E-state index in [-0.39, 0.29) is 17.7 Å². The largest absolute Gasteiger partial charge is 0.356 e. The monoisotopic (exact) mass is 196 g/mol. The van der Waals surface area contributed by atoms with Crippen LogP contribution in [0.5, 0.6) is 0 Å². The lowest BCUT2D eigenvalue weighted by Crippen LogP contribution is -2.43. The van der Waals surface area contributed by atoms with Gasteiger partial charge in [-0.15, -0.1) is 0 Å². The van der Waals surface area contributed by atoms with Crippen molar-refractivity contribution in [1.82, 2.24) is 10.6 Å². The van der Waals surface area contributed by atoms with Crippen LogP contribution in [0.3, 0.4) is 0 Å². The van der Waals surface area contributed by atoms with Crippen LogP contribution in [-0.4, -0.2) is 24.9 Å². The number of carbonyl (C=O) groups is 2. The zero-order valence-corrected chi connectivity index (χ0v) is 8.21. The lowest BCUT2D eigenvalue weighted by molar-refractivity contribution is -0.128. The van der Waals surface area contributed by atoms with Gasteiger partial charge in [0.2, 0.25) is 11.8 Å². The Kier molecular flexibility index (Phi) is 2.70. The van der Waals surface area contributed by atoms with Crippen LogP contribution in [0.2, 0.25) is 0 Å². The zero-order valence-electron chi connectivity index (χ0n) is 8.21. The third-order valence-electron chi connectivity index (χ3n) is 2.90. The zero-order chi connectivity index (χ0) is 9.97. The summed E-state index contributed by atoms with van der Waals surface area (Å²) in [5.41, 5.74) is 0. The second kappa shape index (κ2) is 3.98. The minimum absolute atomic E-state index is 0.00792. The highest BCUT2D eigenvalue weighted by molar-refractivity contribution is 5.83. The smallest absolute Gasteiger partial charge is 0.224 e. The second-order valence-corrected chi connectivity index (χ2v) is 4.23. The molecule has 2 N–H and O–H groups in total. The molecule has 0 aromatic carbocycles. The Morgan fingerprint density at radius 1 is 1.43 bits per heavy atom. The molecule has 1 atom stereocenters. The first-order valence-electron chi connectivity index (χ1n) is 5.30. The highest BCUT2D eigenvalue weighted by Crippen LogP contribution is 2.27. The number of nitrogens with one attached hydrogen (secondary N) is 2. The molecule has 1 saturated carbocycles. The summed E-state index contributed by atoms with van der Waals surface area (Å²) in [6.45, 7) is 1.33. The average Bonchev–Trinajstić information content (AvgIpc) is 2.99. The van der Waals surface area contributed by atoms with Crippen molar-refractivity contribution in [3.8, 4) is 0 Å². The van der Waals surface area contributed by atoms with Crippen LogP contribution in [-0.2, 0) is 9.59 Å². The van der Waals surface area contributed by atoms with Crippen molar-refractivity contribution in [2.24, 2.45) is 11.8 Å². The Morgan fingerprint density at radius 3 is 2.79 bits per heavy atom. The van der Waals surface area contributed by atoms with Gasteiger partial charge in [-0.25, -0.2) is 0 Å². The summed E-state index contributed by atoms with van der Waals surface area (Å²) < 4.78 is 0. The minimum atomic E-state index is -0.00792. The first kappa shape index (κ1) is 9.49. The Labute approximate surface area is 83.4 Å². The Morgan fingerprint density at radius 2 is 2.21 bits per heavy atom. The summed E-state index contributed by atoms with van der Waals surface area (Å²) >= 11 is 0. The first-order chi connectivity index (χ1) is 6.75. The van der Waals surface area contributed by atoms with Crippen molar-refractivity contribution >= 4 is 11.8 Å². The molecule has 0 spiro atoms. The van der Waals surface area contributed by atoms with Gasteiger partial charge in [-0.05, 0) is 25.2 Å².